The van der Waals surface area contributed by atoms with Gasteiger partial charge >= 0.3 is 17.9 Å². The molecule has 0 saturated heterocycles. The van der Waals surface area contributed by atoms with E-state index in [1.807, 2.05) is 0 Å². The summed E-state index contributed by atoms with van der Waals surface area (Å²) in [6.07, 6.45) is 66.4. The number of hydrogen-bond acceptors (Lipinski definition) is 6. The van der Waals surface area contributed by atoms with Crippen molar-refractivity contribution in [2.24, 2.45) is 0 Å². The van der Waals surface area contributed by atoms with Gasteiger partial charge in [0.25, 0.3) is 0 Å². The summed E-state index contributed by atoms with van der Waals surface area (Å²) in [5.74, 6) is -0.950. The molecule has 0 spiro atoms. The van der Waals surface area contributed by atoms with Gasteiger partial charge in [-0.1, -0.05) is 236 Å². The van der Waals surface area contributed by atoms with Gasteiger partial charge in [-0.3, -0.25) is 14.4 Å². The second-order valence-electron chi connectivity index (χ2n) is 18.5. The molecule has 0 aliphatic carbocycles. The number of hydrogen-bond donors (Lipinski definition) is 0. The molecular weight excluding hydrogens is 805 g/mol. The van der Waals surface area contributed by atoms with Gasteiger partial charge in [0.15, 0.2) is 6.10 Å². The van der Waals surface area contributed by atoms with Crippen molar-refractivity contribution in [2.45, 2.75) is 284 Å². The van der Waals surface area contributed by atoms with Crippen LogP contribution in [0, 0.1) is 0 Å². The summed E-state index contributed by atoms with van der Waals surface area (Å²) in [6, 6.07) is 0. The molecular formula is C59H104O6. The van der Waals surface area contributed by atoms with Crippen LogP contribution < -0.4 is 0 Å². The van der Waals surface area contributed by atoms with E-state index in [1.54, 1.807) is 0 Å². The zero-order valence-electron chi connectivity index (χ0n) is 43.0. The third-order valence-electron chi connectivity index (χ3n) is 12.0. The van der Waals surface area contributed by atoms with Crippen molar-refractivity contribution in [3.8, 4) is 0 Å². The maximum absolute atomic E-state index is 12.8. The Morgan fingerprint density at radius 2 is 0.569 bits per heavy atom. The highest BCUT2D eigenvalue weighted by molar-refractivity contribution is 5.71. The smallest absolute Gasteiger partial charge is 0.306 e. The lowest BCUT2D eigenvalue weighted by atomic mass is 10.0. The largest absolute Gasteiger partial charge is 0.462 e. The zero-order valence-corrected chi connectivity index (χ0v) is 43.0. The van der Waals surface area contributed by atoms with Gasteiger partial charge in [0, 0.05) is 19.3 Å². The fourth-order valence-electron chi connectivity index (χ4n) is 7.78. The Morgan fingerprint density at radius 3 is 0.985 bits per heavy atom. The van der Waals surface area contributed by atoms with E-state index >= 15 is 0 Å². The molecule has 0 fully saturated rings. The van der Waals surface area contributed by atoms with Crippen molar-refractivity contribution in [2.75, 3.05) is 13.2 Å². The first kappa shape index (κ1) is 62.1. The van der Waals surface area contributed by atoms with Crippen molar-refractivity contribution in [1.82, 2.24) is 0 Å². The number of carbonyl (C=O) groups is 3. The molecule has 0 aromatic carbocycles. The standard InChI is InChI=1S/C59H104O6/c1-4-7-10-13-16-19-22-25-27-29-31-34-37-40-43-46-49-52-58(61)64-55-56(54-63-57(60)51-48-45-42-39-36-33-24-21-18-15-12-9-6-3)65-59(62)53-50-47-44-41-38-35-32-30-28-26-23-20-17-14-11-8-5-2/h16,19,21,24-25,27,31,34,40,43,56H,4-15,17-18,20,22-23,26,28-30,32-33,35-39,41-42,44-55H2,1-3H3/b19-16-,24-21-,27-25-,34-31-,43-40-/t56-/m0/s1. The van der Waals surface area contributed by atoms with E-state index < -0.39 is 6.10 Å². The van der Waals surface area contributed by atoms with Crippen molar-refractivity contribution in [3.63, 3.8) is 0 Å². The van der Waals surface area contributed by atoms with Gasteiger partial charge in [0.1, 0.15) is 13.2 Å². The lowest BCUT2D eigenvalue weighted by molar-refractivity contribution is -0.167. The first-order chi connectivity index (χ1) is 32.0. The summed E-state index contributed by atoms with van der Waals surface area (Å²) in [5, 5.41) is 0. The summed E-state index contributed by atoms with van der Waals surface area (Å²) in [6.45, 7) is 6.56. The Labute approximate surface area is 402 Å². The maximum atomic E-state index is 12.8. The molecule has 6 heteroatoms. The van der Waals surface area contributed by atoms with Gasteiger partial charge in [-0.2, -0.15) is 0 Å². The zero-order chi connectivity index (χ0) is 47.2. The van der Waals surface area contributed by atoms with Crippen LogP contribution in [0.5, 0.6) is 0 Å². The molecule has 1 atom stereocenters. The van der Waals surface area contributed by atoms with Crippen molar-refractivity contribution in [1.29, 1.82) is 0 Å². The second-order valence-corrected chi connectivity index (χ2v) is 18.5. The molecule has 0 unspecified atom stereocenters. The first-order valence-electron chi connectivity index (χ1n) is 27.8. The number of carbonyl (C=O) groups excluding carboxylic acids is 3. The summed E-state index contributed by atoms with van der Waals surface area (Å²) < 4.78 is 16.8. The Balaban J connectivity index is 4.44. The Hall–Kier alpha value is -2.89. The fourth-order valence-corrected chi connectivity index (χ4v) is 7.78. The molecule has 6 nitrogen and oxygen atoms in total. The Bertz CT molecular complexity index is 1180. The average molecular weight is 909 g/mol. The molecule has 0 N–H and O–H groups in total. The van der Waals surface area contributed by atoms with E-state index in [2.05, 4.69) is 81.5 Å². The molecule has 0 aliphatic heterocycles. The molecule has 0 amide bonds. The molecule has 0 aliphatic rings. The lowest BCUT2D eigenvalue weighted by Gasteiger charge is -2.18. The average Bonchev–Trinajstić information content (AvgIpc) is 3.30. The van der Waals surface area contributed by atoms with E-state index in [0.29, 0.717) is 19.3 Å². The molecule has 0 aromatic heterocycles. The Morgan fingerprint density at radius 1 is 0.308 bits per heavy atom. The molecule has 65 heavy (non-hydrogen) atoms. The van der Waals surface area contributed by atoms with Crippen LogP contribution in [0.15, 0.2) is 60.8 Å². The summed E-state index contributed by atoms with van der Waals surface area (Å²) in [5.41, 5.74) is 0. The van der Waals surface area contributed by atoms with Gasteiger partial charge in [-0.15, -0.1) is 0 Å². The number of allylic oxidation sites excluding steroid dienone is 10. The predicted molar refractivity (Wildman–Crippen MR) is 279 cm³/mol. The van der Waals surface area contributed by atoms with Gasteiger partial charge in [-0.25, -0.2) is 0 Å². The molecule has 0 heterocycles. The molecule has 0 aromatic rings. The minimum atomic E-state index is -0.797. The molecule has 0 saturated carbocycles. The minimum Gasteiger partial charge on any atom is -0.462 e. The van der Waals surface area contributed by atoms with Crippen LogP contribution in [-0.2, 0) is 28.6 Å². The quantitative estimate of drug-likeness (QED) is 0.0262. The third-order valence-corrected chi connectivity index (χ3v) is 12.0. The summed E-state index contributed by atoms with van der Waals surface area (Å²) >= 11 is 0. The SMILES string of the molecule is CCCCC/C=C\C/C=C\C/C=C\C/C=C\CCCC(=O)OC[C@H](COC(=O)CCCCCCC/C=C\CCCCCC)OC(=O)CCCCCCCCCCCCCCCCCCC. The lowest BCUT2D eigenvalue weighted by Crippen LogP contribution is -2.30. The fraction of sp³-hybridized carbons (Fsp3) is 0.780. The summed E-state index contributed by atoms with van der Waals surface area (Å²) in [4.78, 5) is 38.0. The summed E-state index contributed by atoms with van der Waals surface area (Å²) in [7, 11) is 0. The van der Waals surface area contributed by atoms with E-state index in [-0.39, 0.29) is 37.5 Å². The number of unbranched alkanes of at least 4 members (excludes halogenated alkanes) is 29. The van der Waals surface area contributed by atoms with Gasteiger partial charge in [-0.05, 0) is 83.5 Å². The molecule has 0 bridgehead atoms. The van der Waals surface area contributed by atoms with Crippen LogP contribution in [0.1, 0.15) is 278 Å². The number of esters is 3. The molecule has 0 rings (SSSR count). The second kappa shape index (κ2) is 53.7. The maximum Gasteiger partial charge on any atom is 0.306 e. The number of rotatable bonds is 50. The van der Waals surface area contributed by atoms with Gasteiger partial charge < -0.3 is 14.2 Å². The van der Waals surface area contributed by atoms with Crippen LogP contribution >= 0.6 is 0 Å². The van der Waals surface area contributed by atoms with Crippen LogP contribution in [0.3, 0.4) is 0 Å². The van der Waals surface area contributed by atoms with E-state index in [9.17, 15) is 14.4 Å². The highest BCUT2D eigenvalue weighted by Gasteiger charge is 2.19. The van der Waals surface area contributed by atoms with Crippen molar-refractivity contribution in [3.05, 3.63) is 60.8 Å². The molecule has 0 radical (unpaired) electrons. The third kappa shape index (κ3) is 51.9. The van der Waals surface area contributed by atoms with Crippen molar-refractivity contribution >= 4 is 17.9 Å². The highest BCUT2D eigenvalue weighted by Crippen LogP contribution is 2.16. The minimum absolute atomic E-state index is 0.0934. The van der Waals surface area contributed by atoms with E-state index in [0.717, 1.165) is 70.6 Å². The van der Waals surface area contributed by atoms with E-state index in [1.165, 1.54) is 161 Å². The molecule has 376 valence electrons. The van der Waals surface area contributed by atoms with Crippen LogP contribution in [0.2, 0.25) is 0 Å². The van der Waals surface area contributed by atoms with Crippen LogP contribution in [0.4, 0.5) is 0 Å². The monoisotopic (exact) mass is 909 g/mol. The van der Waals surface area contributed by atoms with Gasteiger partial charge in [0.05, 0.1) is 0 Å². The highest BCUT2D eigenvalue weighted by atomic mass is 16.6. The van der Waals surface area contributed by atoms with Gasteiger partial charge in [0.2, 0.25) is 0 Å². The Kier molecular flexibility index (Phi) is 51.3. The normalized spacial score (nSPS) is 12.5. The number of ether oxygens (including phenoxy) is 3. The van der Waals surface area contributed by atoms with Crippen molar-refractivity contribution < 1.29 is 28.6 Å². The topological polar surface area (TPSA) is 78.9 Å². The van der Waals surface area contributed by atoms with Crippen LogP contribution in [0.25, 0.3) is 0 Å². The van der Waals surface area contributed by atoms with E-state index in [4.69, 9.17) is 14.2 Å². The van der Waals surface area contributed by atoms with Crippen LogP contribution in [-0.4, -0.2) is 37.2 Å². The first-order valence-corrected chi connectivity index (χ1v) is 27.8. The predicted octanol–water partition coefficient (Wildman–Crippen LogP) is 18.4.